The number of carbonyl (C=O) groups is 1. The molecule has 0 fully saturated rings. The van der Waals surface area contributed by atoms with Gasteiger partial charge in [-0.15, -0.1) is 0 Å². The Hall–Kier alpha value is -2.34. The van der Waals surface area contributed by atoms with E-state index in [1.54, 1.807) is 18.1 Å². The van der Waals surface area contributed by atoms with Gasteiger partial charge in [-0.05, 0) is 45.8 Å². The van der Waals surface area contributed by atoms with Crippen molar-refractivity contribution in [2.45, 2.75) is 20.0 Å². The zero-order valence-corrected chi connectivity index (χ0v) is 15.9. The van der Waals surface area contributed by atoms with Crippen LogP contribution < -0.4 is 4.74 Å². The molecule has 0 saturated carbocycles. The topological polar surface area (TPSA) is 47.4 Å². The fourth-order valence-electron chi connectivity index (χ4n) is 2.64. The monoisotopic (exact) mass is 401 g/mol. The Labute approximate surface area is 155 Å². The zero-order valence-electron chi connectivity index (χ0n) is 14.3. The number of ether oxygens (including phenoxy) is 1. The number of nitrogens with zero attached hydrogens (tertiary/aromatic N) is 3. The van der Waals surface area contributed by atoms with Gasteiger partial charge in [0, 0.05) is 13.6 Å². The lowest BCUT2D eigenvalue weighted by atomic mass is 10.1. The standard InChI is InChI=1S/C19H20BrN3O2/c1-3-23-18(17(20)11-21-23)12-22(2)19(24)13-25-16-9-8-14-6-4-5-7-15(14)10-16/h4-11H,3,12-13H2,1-2H3. The lowest BCUT2D eigenvalue weighted by Gasteiger charge is -2.18. The van der Waals surface area contributed by atoms with Crippen LogP contribution in [0.3, 0.4) is 0 Å². The second kappa shape index (κ2) is 7.70. The van der Waals surface area contributed by atoms with Gasteiger partial charge in [-0.3, -0.25) is 9.48 Å². The van der Waals surface area contributed by atoms with E-state index in [0.29, 0.717) is 12.3 Å². The summed E-state index contributed by atoms with van der Waals surface area (Å²) in [5, 5.41) is 6.51. The highest BCUT2D eigenvalue weighted by Crippen LogP contribution is 2.21. The molecule has 0 unspecified atom stereocenters. The molecule has 1 heterocycles. The van der Waals surface area contributed by atoms with Gasteiger partial charge < -0.3 is 9.64 Å². The first kappa shape index (κ1) is 17.5. The van der Waals surface area contributed by atoms with Gasteiger partial charge in [0.05, 0.1) is 22.9 Å². The molecule has 3 rings (SSSR count). The van der Waals surface area contributed by atoms with E-state index in [-0.39, 0.29) is 12.5 Å². The summed E-state index contributed by atoms with van der Waals surface area (Å²) in [7, 11) is 1.77. The first-order valence-corrected chi connectivity index (χ1v) is 8.93. The van der Waals surface area contributed by atoms with Gasteiger partial charge in [0.25, 0.3) is 5.91 Å². The second-order valence-electron chi connectivity index (χ2n) is 5.80. The van der Waals surface area contributed by atoms with Crippen molar-refractivity contribution in [1.82, 2.24) is 14.7 Å². The van der Waals surface area contributed by atoms with Crippen LogP contribution in [0.15, 0.2) is 53.1 Å². The van der Waals surface area contributed by atoms with Crippen LogP contribution in [0.4, 0.5) is 0 Å². The number of carbonyl (C=O) groups excluding carboxylic acids is 1. The Kier molecular flexibility index (Phi) is 5.38. The van der Waals surface area contributed by atoms with Crippen LogP contribution >= 0.6 is 15.9 Å². The Morgan fingerprint density at radius 2 is 2.00 bits per heavy atom. The minimum atomic E-state index is -0.0797. The van der Waals surface area contributed by atoms with Crippen LogP contribution in [-0.4, -0.2) is 34.2 Å². The SMILES string of the molecule is CCn1ncc(Br)c1CN(C)C(=O)COc1ccc2ccccc2c1. The molecule has 0 aliphatic heterocycles. The Morgan fingerprint density at radius 3 is 2.76 bits per heavy atom. The number of amides is 1. The Bertz CT molecular complexity index is 891. The fraction of sp³-hybridized carbons (Fsp3) is 0.263. The van der Waals surface area contributed by atoms with Crippen molar-refractivity contribution in [3.63, 3.8) is 0 Å². The average Bonchev–Trinajstić information content (AvgIpc) is 2.99. The predicted molar refractivity (Wildman–Crippen MR) is 102 cm³/mol. The van der Waals surface area contributed by atoms with Gasteiger partial charge in [0.1, 0.15) is 5.75 Å². The number of aryl methyl sites for hydroxylation is 1. The number of hydrogen-bond acceptors (Lipinski definition) is 3. The molecule has 0 bridgehead atoms. The number of aromatic nitrogens is 2. The molecule has 0 spiro atoms. The van der Waals surface area contributed by atoms with Crippen LogP contribution in [0.5, 0.6) is 5.75 Å². The zero-order chi connectivity index (χ0) is 17.8. The van der Waals surface area contributed by atoms with Crippen molar-refractivity contribution in [2.75, 3.05) is 13.7 Å². The third-order valence-electron chi connectivity index (χ3n) is 4.09. The maximum atomic E-state index is 12.4. The average molecular weight is 402 g/mol. The lowest BCUT2D eigenvalue weighted by Crippen LogP contribution is -2.31. The Morgan fingerprint density at radius 1 is 1.24 bits per heavy atom. The molecule has 1 aromatic heterocycles. The number of rotatable bonds is 6. The minimum absolute atomic E-state index is 0.00667. The molecule has 0 aliphatic carbocycles. The summed E-state index contributed by atoms with van der Waals surface area (Å²) in [5.74, 6) is 0.615. The van der Waals surface area contributed by atoms with Crippen molar-refractivity contribution >= 4 is 32.6 Å². The highest BCUT2D eigenvalue weighted by molar-refractivity contribution is 9.10. The van der Waals surface area contributed by atoms with Crippen LogP contribution in [0.1, 0.15) is 12.6 Å². The van der Waals surface area contributed by atoms with Gasteiger partial charge in [-0.2, -0.15) is 5.10 Å². The molecular weight excluding hydrogens is 382 g/mol. The van der Waals surface area contributed by atoms with Gasteiger partial charge in [-0.1, -0.05) is 30.3 Å². The summed E-state index contributed by atoms with van der Waals surface area (Å²) in [5.41, 5.74) is 0.976. The largest absolute Gasteiger partial charge is 0.484 e. The highest BCUT2D eigenvalue weighted by Gasteiger charge is 2.15. The van der Waals surface area contributed by atoms with E-state index in [0.717, 1.165) is 27.5 Å². The molecule has 0 N–H and O–H groups in total. The first-order valence-electron chi connectivity index (χ1n) is 8.14. The highest BCUT2D eigenvalue weighted by atomic mass is 79.9. The summed E-state index contributed by atoms with van der Waals surface area (Å²) in [6, 6.07) is 13.9. The molecule has 25 heavy (non-hydrogen) atoms. The molecule has 0 saturated heterocycles. The van der Waals surface area contributed by atoms with Gasteiger partial charge in [-0.25, -0.2) is 0 Å². The Balaban J connectivity index is 1.62. The molecule has 0 atom stereocenters. The van der Waals surface area contributed by atoms with E-state index in [2.05, 4.69) is 21.0 Å². The summed E-state index contributed by atoms with van der Waals surface area (Å²) >= 11 is 3.48. The number of likely N-dealkylation sites (N-methyl/N-ethyl adjacent to an activating group) is 1. The van der Waals surface area contributed by atoms with Gasteiger partial charge in [0.15, 0.2) is 6.61 Å². The molecule has 2 aromatic carbocycles. The molecule has 1 amide bonds. The van der Waals surface area contributed by atoms with Crippen LogP contribution in [0, 0.1) is 0 Å². The minimum Gasteiger partial charge on any atom is -0.484 e. The number of halogens is 1. The van der Waals surface area contributed by atoms with Crippen LogP contribution in [0.2, 0.25) is 0 Å². The van der Waals surface area contributed by atoms with Crippen LogP contribution in [-0.2, 0) is 17.9 Å². The van der Waals surface area contributed by atoms with E-state index in [1.165, 1.54) is 0 Å². The predicted octanol–water partition coefficient (Wildman–Crippen LogP) is 3.86. The normalized spacial score (nSPS) is 10.8. The smallest absolute Gasteiger partial charge is 0.260 e. The quantitative estimate of drug-likeness (QED) is 0.629. The van der Waals surface area contributed by atoms with Crippen molar-refractivity contribution in [3.8, 4) is 5.75 Å². The molecule has 3 aromatic rings. The molecular formula is C19H20BrN3O2. The third kappa shape index (κ3) is 4.02. The number of benzene rings is 2. The third-order valence-corrected chi connectivity index (χ3v) is 4.76. The van der Waals surface area contributed by atoms with Crippen molar-refractivity contribution in [2.24, 2.45) is 0 Å². The number of hydrogen-bond donors (Lipinski definition) is 0. The maximum absolute atomic E-state index is 12.4. The van der Waals surface area contributed by atoms with E-state index in [9.17, 15) is 4.79 Å². The van der Waals surface area contributed by atoms with Gasteiger partial charge >= 0.3 is 0 Å². The lowest BCUT2D eigenvalue weighted by molar-refractivity contribution is -0.132. The molecule has 0 aliphatic rings. The summed E-state index contributed by atoms with van der Waals surface area (Å²) in [4.78, 5) is 14.0. The van der Waals surface area contributed by atoms with Crippen molar-refractivity contribution < 1.29 is 9.53 Å². The molecule has 5 nitrogen and oxygen atoms in total. The molecule has 0 radical (unpaired) electrons. The van der Waals surface area contributed by atoms with Crippen LogP contribution in [0.25, 0.3) is 10.8 Å². The number of fused-ring (bicyclic) bond motifs is 1. The van der Waals surface area contributed by atoms with Crippen molar-refractivity contribution in [3.05, 3.63) is 58.8 Å². The maximum Gasteiger partial charge on any atom is 0.260 e. The van der Waals surface area contributed by atoms with E-state index < -0.39 is 0 Å². The summed E-state index contributed by atoms with van der Waals surface area (Å²) in [6.45, 7) is 3.27. The summed E-state index contributed by atoms with van der Waals surface area (Å²) in [6.07, 6.45) is 1.75. The molecule has 6 heteroatoms. The first-order chi connectivity index (χ1) is 12.1. The van der Waals surface area contributed by atoms with Gasteiger partial charge in [0.2, 0.25) is 0 Å². The van der Waals surface area contributed by atoms with E-state index in [1.807, 2.05) is 54.1 Å². The fourth-order valence-corrected chi connectivity index (χ4v) is 3.06. The van der Waals surface area contributed by atoms with E-state index in [4.69, 9.17) is 4.74 Å². The molecule has 130 valence electrons. The second-order valence-corrected chi connectivity index (χ2v) is 6.66. The van der Waals surface area contributed by atoms with E-state index >= 15 is 0 Å². The van der Waals surface area contributed by atoms with Crippen molar-refractivity contribution in [1.29, 1.82) is 0 Å². The summed E-state index contributed by atoms with van der Waals surface area (Å²) < 4.78 is 8.46.